The topological polar surface area (TPSA) is 0 Å². The molecule has 0 nitrogen and oxygen atoms in total. The van der Waals surface area contributed by atoms with E-state index in [0.717, 1.165) is 0 Å². The van der Waals surface area contributed by atoms with Crippen molar-refractivity contribution < 1.29 is 0 Å². The normalized spacial score (nSPS) is 7.20. The number of alkyl halides is 3. The Bertz CT molecular complexity index is 11.6. The van der Waals surface area contributed by atoms with Crippen LogP contribution in [0.5, 0.6) is 0 Å². The molecule has 0 aliphatic carbocycles. The van der Waals surface area contributed by atoms with Crippen LogP contribution in [0.1, 0.15) is 0 Å². The van der Waals surface area contributed by atoms with Gasteiger partial charge in [-0.2, -0.15) is 0 Å². The molecule has 0 saturated heterocycles. The van der Waals surface area contributed by atoms with Crippen LogP contribution in [0.15, 0.2) is 0 Å². The summed E-state index contributed by atoms with van der Waals surface area (Å²) in [5.74, 6) is 0. The number of hydrogen-bond acceptors (Lipinski definition) is 0. The standard InChI is InChI=1S/CHCl3.Sb.3H/c2-1(3)4;;;;/h1H;;;;. The van der Waals surface area contributed by atoms with Gasteiger partial charge in [-0.05, 0) is 0 Å². The van der Waals surface area contributed by atoms with Gasteiger partial charge in [0.2, 0.25) is 0 Å². The first-order valence-corrected chi connectivity index (χ1v) is 1.96. The molecule has 0 aromatic carbocycles. The Hall–Kier alpha value is 1.69. The molecule has 0 aromatic rings. The molecule has 0 atom stereocenters. The van der Waals surface area contributed by atoms with Crippen molar-refractivity contribution in [3.05, 3.63) is 0 Å². The van der Waals surface area contributed by atoms with Crippen LogP contribution in [0.4, 0.5) is 0 Å². The molecule has 0 N–H and O–H groups in total. The Kier molecular flexibility index (Phi) is 11.2. The summed E-state index contributed by atoms with van der Waals surface area (Å²) in [6.45, 7) is 0. The van der Waals surface area contributed by atoms with Crippen molar-refractivity contribution in [1.29, 1.82) is 0 Å². The Morgan fingerprint density at radius 2 is 1.00 bits per heavy atom. The maximum absolute atomic E-state index is 4.81. The van der Waals surface area contributed by atoms with Gasteiger partial charge in [0.1, 0.15) is 0 Å². The van der Waals surface area contributed by atoms with Crippen LogP contribution in [0.3, 0.4) is 0 Å². The SMILES string of the molecule is ClC(Cl)Cl.[SbH3]. The van der Waals surface area contributed by atoms with E-state index in [1.165, 1.54) is 0 Å². The van der Waals surface area contributed by atoms with Gasteiger partial charge in [0.05, 0.1) is 0 Å². The average molecular weight is 244 g/mol. The van der Waals surface area contributed by atoms with Crippen molar-refractivity contribution in [2.45, 2.75) is 4.30 Å². The zero-order valence-electron chi connectivity index (χ0n) is 2.42. The minimum absolute atomic E-state index is 0. The monoisotopic (exact) mass is 242 g/mol. The summed E-state index contributed by atoms with van der Waals surface area (Å²) < 4.78 is -0.750. The Morgan fingerprint density at radius 1 is 1.00 bits per heavy atom. The molecule has 0 amide bonds. The van der Waals surface area contributed by atoms with Gasteiger partial charge in [-0.15, -0.1) is 0 Å². The molecule has 0 aromatic heterocycles. The molecule has 4 heteroatoms. The molecule has 0 heterocycles. The number of halogens is 3. The van der Waals surface area contributed by atoms with Crippen LogP contribution in [0.2, 0.25) is 0 Å². The molecular weight excluding hydrogens is 240 g/mol. The van der Waals surface area contributed by atoms with E-state index in [-0.39, 0.29) is 24.4 Å². The molecule has 0 radical (unpaired) electrons. The molecule has 0 aliphatic heterocycles. The first-order valence-electron chi connectivity index (χ1n) is 0.655. The van der Waals surface area contributed by atoms with Crippen LogP contribution < -0.4 is 0 Å². The number of rotatable bonds is 0. The molecule has 0 bridgehead atoms. The minimum atomic E-state index is -0.750. The summed E-state index contributed by atoms with van der Waals surface area (Å²) >= 11 is 14.4. The molecule has 0 saturated carbocycles. The summed E-state index contributed by atoms with van der Waals surface area (Å²) in [6, 6.07) is 0. The van der Waals surface area contributed by atoms with Crippen molar-refractivity contribution >= 4 is 59.2 Å². The summed E-state index contributed by atoms with van der Waals surface area (Å²) in [5.41, 5.74) is 0. The van der Waals surface area contributed by atoms with Crippen LogP contribution in [0.25, 0.3) is 0 Å². The average Bonchev–Trinajstić information content (AvgIpc) is 0.811. The van der Waals surface area contributed by atoms with Crippen LogP contribution in [0, 0.1) is 0 Å². The van der Waals surface area contributed by atoms with E-state index in [2.05, 4.69) is 0 Å². The third kappa shape index (κ3) is 27.1. The van der Waals surface area contributed by atoms with Gasteiger partial charge in [0.15, 0.2) is 4.30 Å². The first-order chi connectivity index (χ1) is 1.73. The second-order valence-electron chi connectivity index (χ2n) is 0.247. The maximum atomic E-state index is 4.81. The van der Waals surface area contributed by atoms with E-state index in [0.29, 0.717) is 0 Å². The molecule has 0 aliphatic rings. The first kappa shape index (κ1) is 9.85. The van der Waals surface area contributed by atoms with Crippen LogP contribution in [-0.2, 0) is 0 Å². The molecule has 0 unspecified atom stereocenters. The van der Waals surface area contributed by atoms with Gasteiger partial charge >= 0.3 is 24.4 Å². The zero-order valence-corrected chi connectivity index (χ0v) is 8.72. The van der Waals surface area contributed by atoms with E-state index >= 15 is 0 Å². The van der Waals surface area contributed by atoms with Crippen molar-refractivity contribution in [2.24, 2.45) is 0 Å². The van der Waals surface area contributed by atoms with Crippen molar-refractivity contribution in [3.8, 4) is 0 Å². The third-order valence-corrected chi connectivity index (χ3v) is 0. The Labute approximate surface area is 63.2 Å². The fourth-order valence-electron chi connectivity index (χ4n) is 0. The predicted octanol–water partition coefficient (Wildman–Crippen LogP) is 0.802. The fourth-order valence-corrected chi connectivity index (χ4v) is 0. The molecule has 0 rings (SSSR count). The van der Waals surface area contributed by atoms with E-state index < -0.39 is 4.30 Å². The molecule has 5 heavy (non-hydrogen) atoms. The molecule has 0 fully saturated rings. The van der Waals surface area contributed by atoms with Gasteiger partial charge in [-0.25, -0.2) is 0 Å². The summed E-state index contributed by atoms with van der Waals surface area (Å²) in [7, 11) is 0. The molecule has 34 valence electrons. The number of hydrogen-bond donors (Lipinski definition) is 0. The van der Waals surface area contributed by atoms with E-state index in [9.17, 15) is 0 Å². The third-order valence-electron chi connectivity index (χ3n) is 0. The van der Waals surface area contributed by atoms with Crippen LogP contribution >= 0.6 is 34.8 Å². The van der Waals surface area contributed by atoms with Gasteiger partial charge in [-0.3, -0.25) is 0 Å². The summed E-state index contributed by atoms with van der Waals surface area (Å²) in [5, 5.41) is 0. The Morgan fingerprint density at radius 3 is 1.00 bits per heavy atom. The van der Waals surface area contributed by atoms with Crippen molar-refractivity contribution in [3.63, 3.8) is 0 Å². The zero-order chi connectivity index (χ0) is 3.58. The fraction of sp³-hybridized carbons (Fsp3) is 1.00. The quantitative estimate of drug-likeness (QED) is 0.437. The Balaban J connectivity index is 0. The van der Waals surface area contributed by atoms with E-state index in [1.807, 2.05) is 0 Å². The van der Waals surface area contributed by atoms with Gasteiger partial charge in [-0.1, -0.05) is 34.8 Å². The van der Waals surface area contributed by atoms with Gasteiger partial charge in [0.25, 0.3) is 0 Å². The molecular formula is CH4Cl3Sb. The van der Waals surface area contributed by atoms with Crippen molar-refractivity contribution in [1.82, 2.24) is 0 Å². The summed E-state index contributed by atoms with van der Waals surface area (Å²) in [6.07, 6.45) is 0. The predicted molar refractivity (Wildman–Crippen MR) is 31.3 cm³/mol. The van der Waals surface area contributed by atoms with Gasteiger partial charge < -0.3 is 0 Å². The van der Waals surface area contributed by atoms with E-state index in [4.69, 9.17) is 34.8 Å². The van der Waals surface area contributed by atoms with Crippen LogP contribution in [-0.4, -0.2) is 28.7 Å². The van der Waals surface area contributed by atoms with E-state index in [1.54, 1.807) is 0 Å². The van der Waals surface area contributed by atoms with Gasteiger partial charge in [0, 0.05) is 0 Å². The van der Waals surface area contributed by atoms with Crippen molar-refractivity contribution in [2.75, 3.05) is 0 Å². The summed E-state index contributed by atoms with van der Waals surface area (Å²) in [4.78, 5) is 0. The molecule has 0 spiro atoms. The second kappa shape index (κ2) is 5.69. The second-order valence-corrected chi connectivity index (χ2v) is 2.23.